The second-order valence-electron chi connectivity index (χ2n) is 6.60. The molecule has 1 saturated carbocycles. The van der Waals surface area contributed by atoms with E-state index in [0.717, 1.165) is 6.42 Å². The number of H-pyrrole nitrogens is 2. The number of carbonyl (C=O) groups excluding carboxylic acids is 1. The Kier molecular flexibility index (Phi) is 5.65. The highest BCUT2D eigenvalue weighted by molar-refractivity contribution is 7.71. The average Bonchev–Trinajstić information content (AvgIpc) is 2.59. The van der Waals surface area contributed by atoms with E-state index in [1.807, 2.05) is 0 Å². The summed E-state index contributed by atoms with van der Waals surface area (Å²) in [6.45, 7) is 3.20. The maximum Gasteiger partial charge on any atom is 0.259 e. The number of nitrogens with one attached hydrogen (secondary N) is 3. The van der Waals surface area contributed by atoms with E-state index in [1.54, 1.807) is 18.2 Å². The number of aromatic amines is 2. The van der Waals surface area contributed by atoms with Crippen molar-refractivity contribution in [2.75, 3.05) is 13.2 Å². The van der Waals surface area contributed by atoms with Crippen molar-refractivity contribution in [3.8, 4) is 0 Å². The lowest BCUT2D eigenvalue weighted by molar-refractivity contribution is -0.00293. The molecule has 3 rings (SSSR count). The van der Waals surface area contributed by atoms with Gasteiger partial charge in [-0.25, -0.2) is 0 Å². The Labute approximate surface area is 151 Å². The van der Waals surface area contributed by atoms with Crippen molar-refractivity contribution in [1.82, 2.24) is 15.3 Å². The minimum absolute atomic E-state index is 0.193. The summed E-state index contributed by atoms with van der Waals surface area (Å²) in [6, 6.07) is 4.89. The first-order chi connectivity index (χ1) is 12.0. The van der Waals surface area contributed by atoms with E-state index >= 15 is 0 Å². The van der Waals surface area contributed by atoms with Crippen molar-refractivity contribution in [3.05, 3.63) is 38.9 Å². The normalized spacial score (nSPS) is 20.5. The number of fused-ring (bicyclic) bond motifs is 1. The van der Waals surface area contributed by atoms with Crippen LogP contribution < -0.4 is 10.9 Å². The van der Waals surface area contributed by atoms with Crippen LogP contribution in [0, 0.1) is 10.7 Å². The van der Waals surface area contributed by atoms with Gasteiger partial charge in [0, 0.05) is 12.1 Å². The molecule has 1 fully saturated rings. The molecule has 1 aliphatic carbocycles. The molecule has 1 aromatic heterocycles. The highest BCUT2D eigenvalue weighted by atomic mass is 32.1. The molecule has 2 atom stereocenters. The van der Waals surface area contributed by atoms with Gasteiger partial charge in [-0.05, 0) is 49.2 Å². The Morgan fingerprint density at radius 2 is 2.12 bits per heavy atom. The van der Waals surface area contributed by atoms with Crippen molar-refractivity contribution in [1.29, 1.82) is 0 Å². The van der Waals surface area contributed by atoms with Gasteiger partial charge in [-0.3, -0.25) is 14.6 Å². The molecular formula is C18H23N3O3S. The van der Waals surface area contributed by atoms with Crippen LogP contribution in [0.4, 0.5) is 0 Å². The Morgan fingerprint density at radius 1 is 1.32 bits per heavy atom. The van der Waals surface area contributed by atoms with Gasteiger partial charge in [-0.1, -0.05) is 19.8 Å². The zero-order valence-electron chi connectivity index (χ0n) is 14.3. The van der Waals surface area contributed by atoms with E-state index in [-0.39, 0.29) is 16.2 Å². The van der Waals surface area contributed by atoms with Gasteiger partial charge in [0.05, 0.1) is 23.6 Å². The minimum atomic E-state index is -0.263. The largest absolute Gasteiger partial charge is 0.376 e. The number of aromatic nitrogens is 2. The van der Waals surface area contributed by atoms with Crippen LogP contribution in [0.1, 0.15) is 43.0 Å². The van der Waals surface area contributed by atoms with Gasteiger partial charge in [0.2, 0.25) is 0 Å². The van der Waals surface area contributed by atoms with Gasteiger partial charge in [0.25, 0.3) is 11.5 Å². The molecule has 1 aromatic carbocycles. The average molecular weight is 361 g/mol. The van der Waals surface area contributed by atoms with Crippen LogP contribution in [0.3, 0.4) is 0 Å². The van der Waals surface area contributed by atoms with Crippen LogP contribution in [0.25, 0.3) is 10.9 Å². The van der Waals surface area contributed by atoms with Gasteiger partial charge >= 0.3 is 0 Å². The van der Waals surface area contributed by atoms with Gasteiger partial charge in [0.1, 0.15) is 0 Å². The summed E-state index contributed by atoms with van der Waals surface area (Å²) in [7, 11) is 0. The SMILES string of the molecule is C[C@@H]1CCCC[C@H]1OCCNC(=O)c1ccc2c(=O)[nH]c(=S)[nH]c2c1. The number of carbonyl (C=O) groups is 1. The molecule has 0 aliphatic heterocycles. The molecule has 0 radical (unpaired) electrons. The molecule has 0 unspecified atom stereocenters. The fourth-order valence-corrected chi connectivity index (χ4v) is 3.52. The standard InChI is InChI=1S/C18H23N3O3S/c1-11-4-2-3-5-15(11)24-9-8-19-16(22)12-6-7-13-14(10-12)20-18(25)21-17(13)23/h6-7,10-11,15H,2-5,8-9H2,1H3,(H,19,22)(H2,20,21,23,25)/t11-,15-/m1/s1. The van der Waals surface area contributed by atoms with Crippen LogP contribution in [-0.2, 0) is 4.74 Å². The summed E-state index contributed by atoms with van der Waals surface area (Å²) < 4.78 is 6.14. The summed E-state index contributed by atoms with van der Waals surface area (Å²) >= 11 is 4.96. The molecule has 134 valence electrons. The first-order valence-electron chi connectivity index (χ1n) is 8.71. The Hall–Kier alpha value is -1.99. The number of rotatable bonds is 5. The van der Waals surface area contributed by atoms with Gasteiger partial charge in [-0.15, -0.1) is 0 Å². The Balaban J connectivity index is 1.57. The summed E-state index contributed by atoms with van der Waals surface area (Å²) in [4.78, 5) is 29.5. The minimum Gasteiger partial charge on any atom is -0.376 e. The third-order valence-corrected chi connectivity index (χ3v) is 4.96. The van der Waals surface area contributed by atoms with Crippen LogP contribution in [0.2, 0.25) is 0 Å². The summed E-state index contributed by atoms with van der Waals surface area (Å²) in [5, 5.41) is 3.33. The smallest absolute Gasteiger partial charge is 0.259 e. The molecule has 0 spiro atoms. The zero-order valence-corrected chi connectivity index (χ0v) is 15.1. The van der Waals surface area contributed by atoms with Crippen LogP contribution >= 0.6 is 12.2 Å². The van der Waals surface area contributed by atoms with Crippen molar-refractivity contribution in [2.24, 2.45) is 5.92 Å². The van der Waals surface area contributed by atoms with E-state index in [1.165, 1.54) is 19.3 Å². The Morgan fingerprint density at radius 3 is 2.92 bits per heavy atom. The third-order valence-electron chi connectivity index (χ3n) is 4.75. The Bertz CT molecular complexity index is 874. The monoisotopic (exact) mass is 361 g/mol. The first kappa shape index (κ1) is 17.8. The quantitative estimate of drug-likeness (QED) is 0.564. The van der Waals surface area contributed by atoms with Gasteiger partial charge in [0.15, 0.2) is 4.77 Å². The molecule has 25 heavy (non-hydrogen) atoms. The summed E-state index contributed by atoms with van der Waals surface area (Å²) in [5.41, 5.74) is 0.768. The molecule has 0 saturated heterocycles. The van der Waals surface area contributed by atoms with E-state index in [0.29, 0.717) is 41.6 Å². The van der Waals surface area contributed by atoms with Crippen molar-refractivity contribution >= 4 is 29.0 Å². The summed E-state index contributed by atoms with van der Waals surface area (Å²) in [5.74, 6) is 0.396. The van der Waals surface area contributed by atoms with Crippen molar-refractivity contribution in [3.63, 3.8) is 0 Å². The topological polar surface area (TPSA) is 87.0 Å². The van der Waals surface area contributed by atoms with E-state index in [4.69, 9.17) is 17.0 Å². The second-order valence-corrected chi connectivity index (χ2v) is 7.00. The molecular weight excluding hydrogens is 338 g/mol. The molecule has 2 aromatic rings. The number of ether oxygens (including phenoxy) is 1. The predicted octanol–water partition coefficient (Wildman–Crippen LogP) is 2.91. The first-order valence-corrected chi connectivity index (χ1v) is 9.11. The van der Waals surface area contributed by atoms with Gasteiger partial charge < -0.3 is 15.0 Å². The molecule has 3 N–H and O–H groups in total. The summed E-state index contributed by atoms with van der Waals surface area (Å²) in [6.07, 6.45) is 5.13. The van der Waals surface area contributed by atoms with Crippen LogP contribution in [0.5, 0.6) is 0 Å². The molecule has 1 aliphatic rings. The highest BCUT2D eigenvalue weighted by Gasteiger charge is 2.21. The predicted molar refractivity (Wildman–Crippen MR) is 99.5 cm³/mol. The fourth-order valence-electron chi connectivity index (χ4n) is 3.32. The zero-order chi connectivity index (χ0) is 17.8. The molecule has 1 amide bonds. The highest BCUT2D eigenvalue weighted by Crippen LogP contribution is 2.25. The van der Waals surface area contributed by atoms with Crippen LogP contribution in [0.15, 0.2) is 23.0 Å². The molecule has 0 bridgehead atoms. The van der Waals surface area contributed by atoms with Crippen molar-refractivity contribution < 1.29 is 9.53 Å². The van der Waals surface area contributed by atoms with Gasteiger partial charge in [-0.2, -0.15) is 0 Å². The fraction of sp³-hybridized carbons (Fsp3) is 0.500. The number of hydrogen-bond acceptors (Lipinski definition) is 4. The number of benzene rings is 1. The number of hydrogen-bond donors (Lipinski definition) is 3. The number of amides is 1. The third kappa shape index (κ3) is 4.35. The molecule has 1 heterocycles. The van der Waals surface area contributed by atoms with E-state index < -0.39 is 0 Å². The molecule has 7 heteroatoms. The van der Waals surface area contributed by atoms with E-state index in [9.17, 15) is 9.59 Å². The maximum absolute atomic E-state index is 12.3. The van der Waals surface area contributed by atoms with E-state index in [2.05, 4.69) is 22.2 Å². The maximum atomic E-state index is 12.3. The lowest BCUT2D eigenvalue weighted by Gasteiger charge is -2.28. The van der Waals surface area contributed by atoms with Crippen molar-refractivity contribution in [2.45, 2.75) is 38.7 Å². The molecule has 6 nitrogen and oxygen atoms in total. The lowest BCUT2D eigenvalue weighted by atomic mass is 9.88. The van der Waals surface area contributed by atoms with Crippen LogP contribution in [-0.4, -0.2) is 35.1 Å². The second kappa shape index (κ2) is 7.93. The lowest BCUT2D eigenvalue weighted by Crippen LogP contribution is -2.31.